The fourth-order valence-corrected chi connectivity index (χ4v) is 2.72. The maximum Gasteiger partial charge on any atom is 0.256 e. The molecule has 0 atom stereocenters. The van der Waals surface area contributed by atoms with Crippen molar-refractivity contribution in [3.05, 3.63) is 65.6 Å². The molecule has 0 fully saturated rings. The molecule has 1 aromatic carbocycles. The van der Waals surface area contributed by atoms with E-state index in [1.807, 2.05) is 29.3 Å². The summed E-state index contributed by atoms with van der Waals surface area (Å²) in [5.74, 6) is 0.0692. The summed E-state index contributed by atoms with van der Waals surface area (Å²) in [6.45, 7) is 1.21. The minimum atomic E-state index is 0.0692. The first-order valence-electron chi connectivity index (χ1n) is 6.60. The molecule has 0 saturated carbocycles. The van der Waals surface area contributed by atoms with E-state index in [0.29, 0.717) is 13.1 Å². The Morgan fingerprint density at radius 1 is 1.25 bits per heavy atom. The molecule has 0 aliphatic carbocycles. The Balaban J connectivity index is 1.62. The summed E-state index contributed by atoms with van der Waals surface area (Å²) in [5, 5.41) is 1.19. The molecule has 1 aliphatic rings. The Labute approximate surface area is 116 Å². The van der Waals surface area contributed by atoms with Crippen molar-refractivity contribution in [1.82, 2.24) is 14.9 Å². The monoisotopic (exact) mass is 263 g/mol. The summed E-state index contributed by atoms with van der Waals surface area (Å²) in [6, 6.07) is 11.9. The van der Waals surface area contributed by atoms with E-state index in [9.17, 15) is 4.79 Å². The molecule has 0 saturated heterocycles. The smallest absolute Gasteiger partial charge is 0.256 e. The molecule has 1 N–H and O–H groups in total. The second kappa shape index (κ2) is 4.20. The first-order chi connectivity index (χ1) is 9.81. The largest absolute Gasteiger partial charge is 0.361 e. The normalized spacial score (nSPS) is 14.0. The third kappa shape index (κ3) is 1.69. The minimum absolute atomic E-state index is 0.0692. The number of nitrogens with one attached hydrogen (secondary N) is 1. The van der Waals surface area contributed by atoms with E-state index in [4.69, 9.17) is 0 Å². The van der Waals surface area contributed by atoms with Crippen LogP contribution in [0.5, 0.6) is 0 Å². The van der Waals surface area contributed by atoms with E-state index in [1.54, 1.807) is 6.20 Å². The van der Waals surface area contributed by atoms with Gasteiger partial charge in [0.15, 0.2) is 0 Å². The summed E-state index contributed by atoms with van der Waals surface area (Å²) in [6.07, 6.45) is 3.66. The number of nitrogens with zero attached hydrogens (tertiary/aromatic N) is 2. The van der Waals surface area contributed by atoms with Crippen LogP contribution in [0.2, 0.25) is 0 Å². The molecule has 3 heterocycles. The summed E-state index contributed by atoms with van der Waals surface area (Å²) >= 11 is 0. The molecule has 4 rings (SSSR count). The van der Waals surface area contributed by atoms with Gasteiger partial charge in [0.1, 0.15) is 0 Å². The molecular formula is C16H13N3O. The average molecular weight is 263 g/mol. The van der Waals surface area contributed by atoms with Crippen LogP contribution in [0.15, 0.2) is 48.8 Å². The number of benzene rings is 1. The molecule has 4 heteroatoms. The molecule has 0 radical (unpaired) electrons. The van der Waals surface area contributed by atoms with E-state index in [1.165, 1.54) is 5.39 Å². The lowest BCUT2D eigenvalue weighted by Crippen LogP contribution is -2.23. The van der Waals surface area contributed by atoms with Crippen LogP contribution in [0.3, 0.4) is 0 Å². The number of fused-ring (bicyclic) bond motifs is 2. The van der Waals surface area contributed by atoms with E-state index in [0.717, 1.165) is 22.3 Å². The van der Waals surface area contributed by atoms with E-state index in [-0.39, 0.29) is 5.91 Å². The molecule has 1 aliphatic heterocycles. The number of H-pyrrole nitrogens is 1. The summed E-state index contributed by atoms with van der Waals surface area (Å²) in [7, 11) is 0. The molecule has 4 nitrogen and oxygen atoms in total. The van der Waals surface area contributed by atoms with E-state index < -0.39 is 0 Å². The van der Waals surface area contributed by atoms with Gasteiger partial charge in [0.05, 0.1) is 17.8 Å². The molecule has 0 spiro atoms. The third-order valence-electron chi connectivity index (χ3n) is 3.74. The predicted molar refractivity (Wildman–Crippen MR) is 76.1 cm³/mol. The molecule has 1 amide bonds. The number of hydrogen-bond donors (Lipinski definition) is 1. The van der Waals surface area contributed by atoms with Crippen LogP contribution in [0.1, 0.15) is 21.6 Å². The van der Waals surface area contributed by atoms with Gasteiger partial charge in [-0.2, -0.15) is 0 Å². The SMILES string of the molecule is O=C1c2cccnc2CN1Cc1ccc2cc[nH]c2c1. The van der Waals surface area contributed by atoms with Crippen molar-refractivity contribution in [1.29, 1.82) is 0 Å². The van der Waals surface area contributed by atoms with Crippen LogP contribution in [-0.2, 0) is 13.1 Å². The number of rotatable bonds is 2. The van der Waals surface area contributed by atoms with Crippen molar-refractivity contribution in [3.8, 4) is 0 Å². The Morgan fingerprint density at radius 2 is 2.20 bits per heavy atom. The van der Waals surface area contributed by atoms with Gasteiger partial charge in [-0.1, -0.05) is 12.1 Å². The molecule has 0 bridgehead atoms. The predicted octanol–water partition coefficient (Wildman–Crippen LogP) is 2.72. The fraction of sp³-hybridized carbons (Fsp3) is 0.125. The van der Waals surface area contributed by atoms with Crippen molar-refractivity contribution < 1.29 is 4.79 Å². The number of amides is 1. The number of aromatic nitrogens is 2. The molecule has 20 heavy (non-hydrogen) atoms. The second-order valence-electron chi connectivity index (χ2n) is 5.06. The Hall–Kier alpha value is -2.62. The second-order valence-corrected chi connectivity index (χ2v) is 5.06. The Morgan fingerprint density at radius 3 is 3.10 bits per heavy atom. The third-order valence-corrected chi connectivity index (χ3v) is 3.74. The van der Waals surface area contributed by atoms with Crippen LogP contribution in [0.25, 0.3) is 10.9 Å². The number of carbonyl (C=O) groups is 1. The minimum Gasteiger partial charge on any atom is -0.361 e. The Kier molecular flexibility index (Phi) is 2.36. The number of pyridine rings is 1. The molecule has 98 valence electrons. The van der Waals surface area contributed by atoms with Crippen LogP contribution >= 0.6 is 0 Å². The van der Waals surface area contributed by atoms with Gasteiger partial charge >= 0.3 is 0 Å². The number of hydrogen-bond acceptors (Lipinski definition) is 2. The standard InChI is InChI=1S/C16H13N3O/c20-16-13-2-1-6-17-15(13)10-19(16)9-11-3-4-12-5-7-18-14(12)8-11/h1-8,18H,9-10H2. The van der Waals surface area contributed by atoms with Gasteiger partial charge in [0.2, 0.25) is 0 Å². The highest BCUT2D eigenvalue weighted by atomic mass is 16.2. The highest BCUT2D eigenvalue weighted by molar-refractivity contribution is 5.97. The lowest BCUT2D eigenvalue weighted by Gasteiger charge is -2.15. The highest BCUT2D eigenvalue weighted by Gasteiger charge is 2.27. The zero-order valence-electron chi connectivity index (χ0n) is 10.8. The van der Waals surface area contributed by atoms with Gasteiger partial charge < -0.3 is 9.88 Å². The zero-order chi connectivity index (χ0) is 13.5. The van der Waals surface area contributed by atoms with Crippen molar-refractivity contribution in [2.24, 2.45) is 0 Å². The maximum absolute atomic E-state index is 12.3. The summed E-state index contributed by atoms with van der Waals surface area (Å²) in [4.78, 5) is 21.6. The van der Waals surface area contributed by atoms with E-state index >= 15 is 0 Å². The van der Waals surface area contributed by atoms with Crippen molar-refractivity contribution >= 4 is 16.8 Å². The van der Waals surface area contributed by atoms with Gasteiger partial charge in [-0.3, -0.25) is 9.78 Å². The Bertz CT molecular complexity index is 806. The first kappa shape index (κ1) is 11.2. The quantitative estimate of drug-likeness (QED) is 0.772. The first-order valence-corrected chi connectivity index (χ1v) is 6.60. The topological polar surface area (TPSA) is 49.0 Å². The maximum atomic E-state index is 12.3. The van der Waals surface area contributed by atoms with Crippen LogP contribution < -0.4 is 0 Å². The van der Waals surface area contributed by atoms with Crippen LogP contribution in [-0.4, -0.2) is 20.8 Å². The van der Waals surface area contributed by atoms with Gasteiger partial charge in [-0.05, 0) is 35.2 Å². The molecule has 2 aromatic heterocycles. The van der Waals surface area contributed by atoms with Gasteiger partial charge in [-0.15, -0.1) is 0 Å². The van der Waals surface area contributed by atoms with Crippen LogP contribution in [0.4, 0.5) is 0 Å². The van der Waals surface area contributed by atoms with Gasteiger partial charge in [-0.25, -0.2) is 0 Å². The fourth-order valence-electron chi connectivity index (χ4n) is 2.72. The van der Waals surface area contributed by atoms with Crippen molar-refractivity contribution in [3.63, 3.8) is 0 Å². The van der Waals surface area contributed by atoms with Crippen molar-refractivity contribution in [2.45, 2.75) is 13.1 Å². The van der Waals surface area contributed by atoms with E-state index in [2.05, 4.69) is 28.2 Å². The molecule has 3 aromatic rings. The number of aromatic amines is 1. The number of carbonyl (C=O) groups excluding carboxylic acids is 1. The lowest BCUT2D eigenvalue weighted by atomic mass is 10.1. The average Bonchev–Trinajstić information content (AvgIpc) is 3.05. The summed E-state index contributed by atoms with van der Waals surface area (Å²) < 4.78 is 0. The molecular weight excluding hydrogens is 250 g/mol. The lowest BCUT2D eigenvalue weighted by molar-refractivity contribution is 0.0766. The summed E-state index contributed by atoms with van der Waals surface area (Å²) in [5.41, 5.74) is 3.83. The highest BCUT2D eigenvalue weighted by Crippen LogP contribution is 2.23. The van der Waals surface area contributed by atoms with Gasteiger partial charge in [0, 0.05) is 24.5 Å². The van der Waals surface area contributed by atoms with Crippen molar-refractivity contribution in [2.75, 3.05) is 0 Å². The van der Waals surface area contributed by atoms with Gasteiger partial charge in [0.25, 0.3) is 5.91 Å². The van der Waals surface area contributed by atoms with Crippen LogP contribution in [0, 0.1) is 0 Å². The molecule has 0 unspecified atom stereocenters. The zero-order valence-corrected chi connectivity index (χ0v) is 10.8.